The maximum Gasteiger partial charge on any atom is 0.247 e. The van der Waals surface area contributed by atoms with Crippen LogP contribution in [0.25, 0.3) is 11.5 Å². The summed E-state index contributed by atoms with van der Waals surface area (Å²) in [7, 11) is 0. The van der Waals surface area contributed by atoms with Gasteiger partial charge in [0.25, 0.3) is 0 Å². The van der Waals surface area contributed by atoms with E-state index in [1.807, 2.05) is 26.0 Å². The molecule has 0 saturated heterocycles. The molecule has 4 nitrogen and oxygen atoms in total. The van der Waals surface area contributed by atoms with E-state index >= 15 is 0 Å². The molecule has 2 N–H and O–H groups in total. The lowest BCUT2D eigenvalue weighted by molar-refractivity contribution is 0.394. The molecule has 1 aromatic carbocycles. The molecule has 0 fully saturated rings. The quantitative estimate of drug-likeness (QED) is 0.926. The highest BCUT2D eigenvalue weighted by Gasteiger charge is 2.19. The van der Waals surface area contributed by atoms with Crippen molar-refractivity contribution in [2.45, 2.75) is 46.1 Å². The molecule has 2 rings (SSSR count). The third kappa shape index (κ3) is 3.07. The van der Waals surface area contributed by atoms with E-state index in [-0.39, 0.29) is 17.4 Å². The normalized spacial score (nSPS) is 13.8. The predicted molar refractivity (Wildman–Crippen MR) is 80.2 cm³/mol. The number of hydrogen-bond donors (Lipinski definition) is 1. The highest BCUT2D eigenvalue weighted by Crippen LogP contribution is 2.27. The van der Waals surface area contributed by atoms with Crippen LogP contribution in [-0.2, 0) is 5.41 Å². The summed E-state index contributed by atoms with van der Waals surface area (Å²) >= 11 is 0. The van der Waals surface area contributed by atoms with Gasteiger partial charge in [-0.15, -0.1) is 10.2 Å². The van der Waals surface area contributed by atoms with Gasteiger partial charge in [-0.1, -0.05) is 46.8 Å². The van der Waals surface area contributed by atoms with Crippen LogP contribution in [0.5, 0.6) is 0 Å². The van der Waals surface area contributed by atoms with Crippen molar-refractivity contribution in [3.8, 4) is 11.5 Å². The standard InChI is InChI=1S/C16H23N3O/c1-10(2)13(17)15-19-18-14(20-15)11-6-8-12(9-7-11)16(3,4)5/h6-10,13H,17H2,1-5H3. The van der Waals surface area contributed by atoms with Gasteiger partial charge in [-0.05, 0) is 29.0 Å². The van der Waals surface area contributed by atoms with Crippen molar-refractivity contribution in [2.24, 2.45) is 11.7 Å². The number of nitrogens with two attached hydrogens (primary N) is 1. The summed E-state index contributed by atoms with van der Waals surface area (Å²) < 4.78 is 5.67. The summed E-state index contributed by atoms with van der Waals surface area (Å²) in [6.07, 6.45) is 0. The summed E-state index contributed by atoms with van der Waals surface area (Å²) in [5.74, 6) is 1.29. The van der Waals surface area contributed by atoms with Crippen molar-refractivity contribution in [3.05, 3.63) is 35.7 Å². The molecule has 0 bridgehead atoms. The highest BCUT2D eigenvalue weighted by atomic mass is 16.4. The molecule has 0 saturated carbocycles. The summed E-state index contributed by atoms with van der Waals surface area (Å²) in [5.41, 5.74) is 8.35. The van der Waals surface area contributed by atoms with Crippen LogP contribution in [0, 0.1) is 5.92 Å². The molecule has 0 amide bonds. The number of nitrogens with zero attached hydrogens (tertiary/aromatic N) is 2. The zero-order chi connectivity index (χ0) is 14.9. The van der Waals surface area contributed by atoms with Gasteiger partial charge < -0.3 is 10.2 Å². The van der Waals surface area contributed by atoms with Crippen molar-refractivity contribution in [1.29, 1.82) is 0 Å². The minimum absolute atomic E-state index is 0.137. The van der Waals surface area contributed by atoms with E-state index in [9.17, 15) is 0 Å². The van der Waals surface area contributed by atoms with E-state index in [4.69, 9.17) is 10.2 Å². The molecule has 0 radical (unpaired) electrons. The number of rotatable bonds is 3. The van der Waals surface area contributed by atoms with Gasteiger partial charge in [-0.2, -0.15) is 0 Å². The molecule has 1 aromatic heterocycles. The van der Waals surface area contributed by atoms with Gasteiger partial charge in [0, 0.05) is 5.56 Å². The van der Waals surface area contributed by atoms with Crippen molar-refractivity contribution in [3.63, 3.8) is 0 Å². The topological polar surface area (TPSA) is 64.9 Å². The molecule has 1 unspecified atom stereocenters. The first kappa shape index (κ1) is 14.7. The zero-order valence-corrected chi connectivity index (χ0v) is 12.8. The van der Waals surface area contributed by atoms with Gasteiger partial charge in [0.05, 0.1) is 6.04 Å². The van der Waals surface area contributed by atoms with Crippen LogP contribution < -0.4 is 5.73 Å². The smallest absolute Gasteiger partial charge is 0.247 e. The third-order valence-electron chi connectivity index (χ3n) is 3.44. The van der Waals surface area contributed by atoms with Gasteiger partial charge in [0.15, 0.2) is 0 Å². The fourth-order valence-corrected chi connectivity index (χ4v) is 1.88. The van der Waals surface area contributed by atoms with Crippen molar-refractivity contribution in [2.75, 3.05) is 0 Å². The maximum atomic E-state index is 6.01. The van der Waals surface area contributed by atoms with Crippen molar-refractivity contribution in [1.82, 2.24) is 10.2 Å². The first-order chi connectivity index (χ1) is 9.29. The van der Waals surface area contributed by atoms with E-state index < -0.39 is 0 Å². The zero-order valence-electron chi connectivity index (χ0n) is 12.8. The minimum Gasteiger partial charge on any atom is -0.419 e. The average Bonchev–Trinajstić information content (AvgIpc) is 2.86. The Bertz CT molecular complexity index is 564. The lowest BCUT2D eigenvalue weighted by Crippen LogP contribution is -2.16. The third-order valence-corrected chi connectivity index (χ3v) is 3.44. The fourth-order valence-electron chi connectivity index (χ4n) is 1.88. The van der Waals surface area contributed by atoms with E-state index in [0.29, 0.717) is 11.8 Å². The lowest BCUT2D eigenvalue weighted by Gasteiger charge is -2.18. The van der Waals surface area contributed by atoms with Gasteiger partial charge in [0.2, 0.25) is 11.8 Å². The van der Waals surface area contributed by atoms with Gasteiger partial charge in [-0.25, -0.2) is 0 Å². The Morgan fingerprint density at radius 3 is 2.15 bits per heavy atom. The van der Waals surface area contributed by atoms with Crippen LogP contribution in [0.1, 0.15) is 52.1 Å². The van der Waals surface area contributed by atoms with Gasteiger partial charge in [0.1, 0.15) is 0 Å². The lowest BCUT2D eigenvalue weighted by atomic mass is 9.87. The Hall–Kier alpha value is -1.68. The van der Waals surface area contributed by atoms with Crippen molar-refractivity contribution < 1.29 is 4.42 Å². The Morgan fingerprint density at radius 2 is 1.65 bits per heavy atom. The van der Waals surface area contributed by atoms with Crippen LogP contribution in [0.15, 0.2) is 28.7 Å². The van der Waals surface area contributed by atoms with Crippen molar-refractivity contribution >= 4 is 0 Å². The predicted octanol–water partition coefficient (Wildman–Crippen LogP) is 3.69. The molecule has 0 aliphatic heterocycles. The highest BCUT2D eigenvalue weighted by molar-refractivity contribution is 5.53. The largest absolute Gasteiger partial charge is 0.419 e. The second-order valence-corrected chi connectivity index (χ2v) is 6.54. The minimum atomic E-state index is -0.218. The van der Waals surface area contributed by atoms with E-state index in [2.05, 4.69) is 43.1 Å². The first-order valence-corrected chi connectivity index (χ1v) is 6.99. The van der Waals surface area contributed by atoms with Gasteiger partial charge in [-0.3, -0.25) is 0 Å². The van der Waals surface area contributed by atoms with Gasteiger partial charge >= 0.3 is 0 Å². The summed E-state index contributed by atoms with van der Waals surface area (Å²) in [6.45, 7) is 10.6. The fraction of sp³-hybridized carbons (Fsp3) is 0.500. The SMILES string of the molecule is CC(C)C(N)c1nnc(-c2ccc(C(C)(C)C)cc2)o1. The molecule has 0 aliphatic carbocycles. The van der Waals surface area contributed by atoms with Crippen LogP contribution in [0.4, 0.5) is 0 Å². The number of benzene rings is 1. The number of hydrogen-bond acceptors (Lipinski definition) is 4. The summed E-state index contributed by atoms with van der Waals surface area (Å²) in [6, 6.07) is 8.01. The molecular formula is C16H23N3O. The molecule has 108 valence electrons. The number of aromatic nitrogens is 2. The van der Waals surface area contributed by atoms with Crippen LogP contribution >= 0.6 is 0 Å². The second kappa shape index (κ2) is 5.37. The Kier molecular flexibility index (Phi) is 3.95. The maximum absolute atomic E-state index is 6.01. The second-order valence-electron chi connectivity index (χ2n) is 6.54. The molecule has 2 aromatic rings. The Balaban J connectivity index is 2.25. The van der Waals surface area contributed by atoms with E-state index in [0.717, 1.165) is 5.56 Å². The van der Waals surface area contributed by atoms with E-state index in [1.54, 1.807) is 0 Å². The molecule has 0 spiro atoms. The molecule has 20 heavy (non-hydrogen) atoms. The van der Waals surface area contributed by atoms with E-state index in [1.165, 1.54) is 5.56 Å². The molecule has 4 heteroatoms. The van der Waals surface area contributed by atoms with Crippen LogP contribution in [0.2, 0.25) is 0 Å². The molecule has 1 heterocycles. The molecule has 0 aliphatic rings. The van der Waals surface area contributed by atoms with Crippen LogP contribution in [0.3, 0.4) is 0 Å². The summed E-state index contributed by atoms with van der Waals surface area (Å²) in [5, 5.41) is 8.13. The average molecular weight is 273 g/mol. The monoisotopic (exact) mass is 273 g/mol. The Labute approximate surface area is 120 Å². The summed E-state index contributed by atoms with van der Waals surface area (Å²) in [4.78, 5) is 0. The molecular weight excluding hydrogens is 250 g/mol. The molecule has 1 atom stereocenters. The van der Waals surface area contributed by atoms with Crippen LogP contribution in [-0.4, -0.2) is 10.2 Å². The Morgan fingerprint density at radius 1 is 1.05 bits per heavy atom. The first-order valence-electron chi connectivity index (χ1n) is 6.99.